The Morgan fingerprint density at radius 3 is 1.84 bits per heavy atom. The number of ether oxygens (including phenoxy) is 1. The average molecular weight is 260 g/mol. The SMILES string of the molecule is C=CCOc1cccc(O)c1.Oc1cccc(O)c1. The van der Waals surface area contributed by atoms with E-state index in [4.69, 9.17) is 20.1 Å². The molecular weight excluding hydrogens is 244 g/mol. The van der Waals surface area contributed by atoms with Gasteiger partial charge in [0.15, 0.2) is 0 Å². The van der Waals surface area contributed by atoms with Gasteiger partial charge in [-0.1, -0.05) is 24.8 Å². The van der Waals surface area contributed by atoms with Crippen molar-refractivity contribution >= 4 is 0 Å². The fourth-order valence-corrected chi connectivity index (χ4v) is 1.22. The van der Waals surface area contributed by atoms with Crippen LogP contribution >= 0.6 is 0 Å². The van der Waals surface area contributed by atoms with E-state index in [-0.39, 0.29) is 17.2 Å². The van der Waals surface area contributed by atoms with Crippen LogP contribution in [0.4, 0.5) is 0 Å². The summed E-state index contributed by atoms with van der Waals surface area (Å²) in [6, 6.07) is 12.5. The van der Waals surface area contributed by atoms with Crippen molar-refractivity contribution in [3.8, 4) is 23.0 Å². The van der Waals surface area contributed by atoms with E-state index in [0.29, 0.717) is 12.4 Å². The molecule has 0 aliphatic heterocycles. The molecule has 0 atom stereocenters. The molecule has 2 aromatic rings. The molecule has 2 aromatic carbocycles. The first-order chi connectivity index (χ1) is 9.11. The Kier molecular flexibility index (Phi) is 5.82. The minimum atomic E-state index is 0.0880. The molecule has 0 saturated heterocycles. The minimum Gasteiger partial charge on any atom is -0.508 e. The topological polar surface area (TPSA) is 69.9 Å². The second kappa shape index (κ2) is 7.66. The smallest absolute Gasteiger partial charge is 0.123 e. The normalized spacial score (nSPS) is 9.05. The maximum absolute atomic E-state index is 9.01. The van der Waals surface area contributed by atoms with E-state index in [1.807, 2.05) is 0 Å². The molecule has 0 amide bonds. The van der Waals surface area contributed by atoms with Gasteiger partial charge in [-0.3, -0.25) is 0 Å². The predicted molar refractivity (Wildman–Crippen MR) is 73.6 cm³/mol. The van der Waals surface area contributed by atoms with Gasteiger partial charge in [-0.15, -0.1) is 0 Å². The van der Waals surface area contributed by atoms with E-state index in [0.717, 1.165) is 0 Å². The number of benzene rings is 2. The highest BCUT2D eigenvalue weighted by Gasteiger charge is 1.91. The highest BCUT2D eigenvalue weighted by molar-refractivity contribution is 5.31. The van der Waals surface area contributed by atoms with Gasteiger partial charge < -0.3 is 20.1 Å². The van der Waals surface area contributed by atoms with Gasteiger partial charge in [0.05, 0.1) is 0 Å². The quantitative estimate of drug-likeness (QED) is 0.742. The maximum atomic E-state index is 9.01. The van der Waals surface area contributed by atoms with Gasteiger partial charge in [-0.2, -0.15) is 0 Å². The number of hydrogen-bond donors (Lipinski definition) is 3. The van der Waals surface area contributed by atoms with E-state index >= 15 is 0 Å². The van der Waals surface area contributed by atoms with E-state index in [1.54, 1.807) is 36.4 Å². The standard InChI is InChI=1S/C9H10O2.C6H6O2/c1-2-6-11-9-5-3-4-8(10)7-9;7-5-2-1-3-6(8)4-5/h2-5,7,10H,1,6H2;1-4,7-8H. The van der Waals surface area contributed by atoms with Crippen molar-refractivity contribution < 1.29 is 20.1 Å². The van der Waals surface area contributed by atoms with Gasteiger partial charge in [-0.05, 0) is 24.3 Å². The average Bonchev–Trinajstić information content (AvgIpc) is 2.37. The van der Waals surface area contributed by atoms with Crippen LogP contribution in [0.1, 0.15) is 0 Å². The summed E-state index contributed by atoms with van der Waals surface area (Å²) in [7, 11) is 0. The van der Waals surface area contributed by atoms with Crippen LogP contribution < -0.4 is 4.74 Å². The largest absolute Gasteiger partial charge is 0.508 e. The van der Waals surface area contributed by atoms with Crippen molar-refractivity contribution in [2.24, 2.45) is 0 Å². The van der Waals surface area contributed by atoms with Crippen LogP contribution in [-0.4, -0.2) is 21.9 Å². The van der Waals surface area contributed by atoms with E-state index in [9.17, 15) is 0 Å². The van der Waals surface area contributed by atoms with E-state index in [2.05, 4.69) is 6.58 Å². The molecule has 4 heteroatoms. The van der Waals surface area contributed by atoms with Crippen LogP contribution in [0.5, 0.6) is 23.0 Å². The molecule has 0 bridgehead atoms. The first-order valence-electron chi connectivity index (χ1n) is 5.62. The number of hydrogen-bond acceptors (Lipinski definition) is 4. The number of aromatic hydroxyl groups is 3. The first-order valence-corrected chi connectivity index (χ1v) is 5.62. The molecule has 2 rings (SSSR count). The Labute approximate surface area is 111 Å². The van der Waals surface area contributed by atoms with Gasteiger partial charge in [0.2, 0.25) is 0 Å². The zero-order valence-electron chi connectivity index (χ0n) is 10.4. The summed E-state index contributed by atoms with van der Waals surface area (Å²) in [6.45, 7) is 3.97. The molecule has 100 valence electrons. The molecule has 3 N–H and O–H groups in total. The van der Waals surface area contributed by atoms with E-state index < -0.39 is 0 Å². The molecule has 0 aliphatic carbocycles. The molecule has 4 nitrogen and oxygen atoms in total. The lowest BCUT2D eigenvalue weighted by Gasteiger charge is -2.01. The van der Waals surface area contributed by atoms with Crippen molar-refractivity contribution in [1.82, 2.24) is 0 Å². The van der Waals surface area contributed by atoms with Gasteiger partial charge >= 0.3 is 0 Å². The molecular formula is C15H16O4. The highest BCUT2D eigenvalue weighted by atomic mass is 16.5. The first kappa shape index (κ1) is 14.4. The number of phenols is 3. The third-order valence-corrected chi connectivity index (χ3v) is 2.02. The zero-order chi connectivity index (χ0) is 14.1. The predicted octanol–water partition coefficient (Wildman–Crippen LogP) is 3.05. The molecule has 0 radical (unpaired) electrons. The zero-order valence-corrected chi connectivity index (χ0v) is 10.4. The summed E-state index contributed by atoms with van der Waals surface area (Å²) >= 11 is 0. The molecule has 0 spiro atoms. The fourth-order valence-electron chi connectivity index (χ4n) is 1.22. The second-order valence-electron chi connectivity index (χ2n) is 3.62. The molecule has 19 heavy (non-hydrogen) atoms. The van der Waals surface area contributed by atoms with Crippen LogP contribution in [0.15, 0.2) is 61.2 Å². The summed E-state index contributed by atoms with van der Waals surface area (Å²) < 4.78 is 5.16. The van der Waals surface area contributed by atoms with Gasteiger partial charge in [0, 0.05) is 12.1 Å². The third kappa shape index (κ3) is 6.02. The third-order valence-electron chi connectivity index (χ3n) is 2.02. The van der Waals surface area contributed by atoms with Crippen LogP contribution in [0.3, 0.4) is 0 Å². The van der Waals surface area contributed by atoms with Gasteiger partial charge in [-0.25, -0.2) is 0 Å². The van der Waals surface area contributed by atoms with Gasteiger partial charge in [0.25, 0.3) is 0 Å². The summed E-state index contributed by atoms with van der Waals surface area (Å²) in [5.74, 6) is 1.05. The molecule has 0 aromatic heterocycles. The van der Waals surface area contributed by atoms with Crippen LogP contribution in [0, 0.1) is 0 Å². The minimum absolute atomic E-state index is 0.0880. The lowest BCUT2D eigenvalue weighted by molar-refractivity contribution is 0.360. The van der Waals surface area contributed by atoms with Crippen molar-refractivity contribution in [2.45, 2.75) is 0 Å². The Bertz CT molecular complexity index is 506. The Hall–Kier alpha value is -2.62. The lowest BCUT2D eigenvalue weighted by Crippen LogP contribution is -1.91. The summed E-state index contributed by atoms with van der Waals surface area (Å²) in [6.07, 6.45) is 1.66. The Morgan fingerprint density at radius 2 is 1.42 bits per heavy atom. The van der Waals surface area contributed by atoms with Crippen LogP contribution in [0.2, 0.25) is 0 Å². The Morgan fingerprint density at radius 1 is 0.895 bits per heavy atom. The highest BCUT2D eigenvalue weighted by Crippen LogP contribution is 2.17. The van der Waals surface area contributed by atoms with E-state index in [1.165, 1.54) is 18.2 Å². The number of rotatable bonds is 3. The van der Waals surface area contributed by atoms with Crippen molar-refractivity contribution in [3.63, 3.8) is 0 Å². The molecule has 0 aliphatic rings. The summed E-state index contributed by atoms with van der Waals surface area (Å²) in [4.78, 5) is 0. The monoisotopic (exact) mass is 260 g/mol. The van der Waals surface area contributed by atoms with Crippen molar-refractivity contribution in [3.05, 3.63) is 61.2 Å². The summed E-state index contributed by atoms with van der Waals surface area (Å²) in [5, 5.41) is 26.3. The van der Waals surface area contributed by atoms with Crippen LogP contribution in [0.25, 0.3) is 0 Å². The molecule has 0 unspecified atom stereocenters. The molecule has 0 saturated carbocycles. The Balaban J connectivity index is 0.000000200. The van der Waals surface area contributed by atoms with Crippen LogP contribution in [-0.2, 0) is 0 Å². The maximum Gasteiger partial charge on any atom is 0.123 e. The number of phenolic OH excluding ortho intramolecular Hbond substituents is 3. The molecule has 0 fully saturated rings. The lowest BCUT2D eigenvalue weighted by atomic mass is 10.3. The second-order valence-corrected chi connectivity index (χ2v) is 3.62. The fraction of sp³-hybridized carbons (Fsp3) is 0.0667. The van der Waals surface area contributed by atoms with Crippen molar-refractivity contribution in [2.75, 3.05) is 6.61 Å². The summed E-state index contributed by atoms with van der Waals surface area (Å²) in [5.41, 5.74) is 0. The van der Waals surface area contributed by atoms with Crippen molar-refractivity contribution in [1.29, 1.82) is 0 Å². The molecule has 0 heterocycles. The van der Waals surface area contributed by atoms with Gasteiger partial charge in [0.1, 0.15) is 29.6 Å².